The molecule has 0 aliphatic heterocycles. The standard InChI is InChI=1S/C20H20ClN3O/c1-15(18-9-5-6-10-19(18)21)23-20(25)12-11-16-13-22-24(14-16)17-7-3-2-4-8-17/h2-10,13-15H,11-12H2,1H3,(H,23,25). The molecule has 1 N–H and O–H groups in total. The van der Waals surface area contributed by atoms with Crippen molar-refractivity contribution in [3.8, 4) is 5.69 Å². The summed E-state index contributed by atoms with van der Waals surface area (Å²) in [6.07, 6.45) is 4.82. The fourth-order valence-corrected chi connectivity index (χ4v) is 2.99. The maximum absolute atomic E-state index is 12.2. The number of carbonyl (C=O) groups is 1. The highest BCUT2D eigenvalue weighted by atomic mass is 35.5. The minimum absolute atomic E-state index is 0.000110. The molecule has 4 nitrogen and oxygen atoms in total. The Morgan fingerprint density at radius 2 is 1.88 bits per heavy atom. The van der Waals surface area contributed by atoms with E-state index in [4.69, 9.17) is 11.6 Å². The molecule has 1 heterocycles. The second-order valence-electron chi connectivity index (χ2n) is 5.94. The summed E-state index contributed by atoms with van der Waals surface area (Å²) < 4.78 is 1.82. The van der Waals surface area contributed by atoms with Gasteiger partial charge in [-0.15, -0.1) is 0 Å². The number of aromatic nitrogens is 2. The van der Waals surface area contributed by atoms with Gasteiger partial charge in [0.1, 0.15) is 0 Å². The molecule has 2 aromatic carbocycles. The molecule has 0 bridgehead atoms. The van der Waals surface area contributed by atoms with Crippen LogP contribution in [-0.4, -0.2) is 15.7 Å². The third kappa shape index (κ3) is 4.48. The summed E-state index contributed by atoms with van der Waals surface area (Å²) in [5, 5.41) is 8.01. The predicted molar refractivity (Wildman–Crippen MR) is 99.9 cm³/mol. The van der Waals surface area contributed by atoms with E-state index in [0.29, 0.717) is 17.9 Å². The zero-order valence-electron chi connectivity index (χ0n) is 14.0. The van der Waals surface area contributed by atoms with E-state index in [0.717, 1.165) is 16.8 Å². The minimum atomic E-state index is -0.117. The Hall–Kier alpha value is -2.59. The zero-order valence-corrected chi connectivity index (χ0v) is 14.8. The number of nitrogens with zero attached hydrogens (tertiary/aromatic N) is 2. The van der Waals surface area contributed by atoms with Gasteiger partial charge < -0.3 is 5.32 Å². The number of amides is 1. The Morgan fingerprint density at radius 3 is 2.64 bits per heavy atom. The number of halogens is 1. The van der Waals surface area contributed by atoms with Gasteiger partial charge in [-0.05, 0) is 42.7 Å². The molecule has 0 fully saturated rings. The van der Waals surface area contributed by atoms with E-state index in [1.165, 1.54) is 0 Å². The van der Waals surface area contributed by atoms with E-state index in [1.54, 1.807) is 6.20 Å². The van der Waals surface area contributed by atoms with E-state index in [9.17, 15) is 4.79 Å². The average Bonchev–Trinajstić information content (AvgIpc) is 3.10. The summed E-state index contributed by atoms with van der Waals surface area (Å²) in [6.45, 7) is 1.94. The molecular formula is C20H20ClN3O. The van der Waals surface area contributed by atoms with Gasteiger partial charge in [0.05, 0.1) is 17.9 Å². The number of para-hydroxylation sites is 1. The van der Waals surface area contributed by atoms with Crippen molar-refractivity contribution in [1.29, 1.82) is 0 Å². The minimum Gasteiger partial charge on any atom is -0.350 e. The lowest BCUT2D eigenvalue weighted by Gasteiger charge is -2.15. The molecule has 1 aromatic heterocycles. The molecule has 25 heavy (non-hydrogen) atoms. The summed E-state index contributed by atoms with van der Waals surface area (Å²) in [7, 11) is 0. The van der Waals surface area contributed by atoms with Crippen LogP contribution in [0.5, 0.6) is 0 Å². The van der Waals surface area contributed by atoms with E-state index in [1.807, 2.05) is 72.4 Å². The smallest absolute Gasteiger partial charge is 0.220 e. The molecule has 1 amide bonds. The molecule has 0 radical (unpaired) electrons. The number of hydrogen-bond donors (Lipinski definition) is 1. The maximum atomic E-state index is 12.2. The molecule has 3 aromatic rings. The fourth-order valence-electron chi connectivity index (χ4n) is 2.69. The van der Waals surface area contributed by atoms with E-state index in [2.05, 4.69) is 10.4 Å². The molecule has 5 heteroatoms. The van der Waals surface area contributed by atoms with Crippen LogP contribution in [0, 0.1) is 0 Å². The van der Waals surface area contributed by atoms with Crippen molar-refractivity contribution in [3.05, 3.63) is 83.1 Å². The highest BCUT2D eigenvalue weighted by molar-refractivity contribution is 6.31. The molecule has 0 saturated carbocycles. The highest BCUT2D eigenvalue weighted by Crippen LogP contribution is 2.22. The van der Waals surface area contributed by atoms with Crippen molar-refractivity contribution < 1.29 is 4.79 Å². The Morgan fingerprint density at radius 1 is 1.16 bits per heavy atom. The molecule has 1 atom stereocenters. The fraction of sp³-hybridized carbons (Fsp3) is 0.200. The first-order chi connectivity index (χ1) is 12.1. The number of rotatable bonds is 6. The van der Waals surface area contributed by atoms with Gasteiger partial charge in [-0.2, -0.15) is 5.10 Å². The molecule has 0 saturated heterocycles. The van der Waals surface area contributed by atoms with Crippen LogP contribution in [0.3, 0.4) is 0 Å². The van der Waals surface area contributed by atoms with Crippen LogP contribution in [0.4, 0.5) is 0 Å². The lowest BCUT2D eigenvalue weighted by atomic mass is 10.1. The van der Waals surface area contributed by atoms with Gasteiger partial charge in [0.25, 0.3) is 0 Å². The van der Waals surface area contributed by atoms with Gasteiger partial charge >= 0.3 is 0 Å². The monoisotopic (exact) mass is 353 g/mol. The van der Waals surface area contributed by atoms with Crippen LogP contribution < -0.4 is 5.32 Å². The van der Waals surface area contributed by atoms with Gasteiger partial charge in [0.15, 0.2) is 0 Å². The molecule has 0 aliphatic carbocycles. The first-order valence-electron chi connectivity index (χ1n) is 8.26. The largest absolute Gasteiger partial charge is 0.350 e. The van der Waals surface area contributed by atoms with Crippen LogP contribution >= 0.6 is 11.6 Å². The van der Waals surface area contributed by atoms with Crippen molar-refractivity contribution >= 4 is 17.5 Å². The van der Waals surface area contributed by atoms with Crippen LogP contribution in [0.2, 0.25) is 5.02 Å². The molecule has 128 valence electrons. The topological polar surface area (TPSA) is 46.9 Å². The summed E-state index contributed by atoms with van der Waals surface area (Å²) in [5.41, 5.74) is 2.96. The lowest BCUT2D eigenvalue weighted by molar-refractivity contribution is -0.121. The predicted octanol–water partition coefficient (Wildman–Crippen LogP) is 4.34. The van der Waals surface area contributed by atoms with Crippen molar-refractivity contribution in [3.63, 3.8) is 0 Å². The zero-order chi connectivity index (χ0) is 17.6. The average molecular weight is 354 g/mol. The summed E-state index contributed by atoms with van der Waals surface area (Å²) in [5.74, 6) is -0.000110. The van der Waals surface area contributed by atoms with Crippen molar-refractivity contribution in [2.24, 2.45) is 0 Å². The van der Waals surface area contributed by atoms with Gasteiger partial charge in [-0.1, -0.05) is 48.0 Å². The Kier molecular flexibility index (Phi) is 5.51. The van der Waals surface area contributed by atoms with E-state index < -0.39 is 0 Å². The van der Waals surface area contributed by atoms with Crippen LogP contribution in [0.1, 0.15) is 30.5 Å². The second kappa shape index (κ2) is 7.99. The van der Waals surface area contributed by atoms with Gasteiger partial charge in [0, 0.05) is 17.6 Å². The number of benzene rings is 2. The second-order valence-corrected chi connectivity index (χ2v) is 6.35. The number of aryl methyl sites for hydroxylation is 1. The lowest BCUT2D eigenvalue weighted by Crippen LogP contribution is -2.26. The van der Waals surface area contributed by atoms with Gasteiger partial charge in [0.2, 0.25) is 5.91 Å². The first-order valence-corrected chi connectivity index (χ1v) is 8.64. The molecule has 3 rings (SSSR count). The summed E-state index contributed by atoms with van der Waals surface area (Å²) in [6, 6.07) is 17.3. The maximum Gasteiger partial charge on any atom is 0.220 e. The SMILES string of the molecule is CC(NC(=O)CCc1cnn(-c2ccccc2)c1)c1ccccc1Cl. The van der Waals surface area contributed by atoms with Crippen molar-refractivity contribution in [2.45, 2.75) is 25.8 Å². The van der Waals surface area contributed by atoms with E-state index in [-0.39, 0.29) is 11.9 Å². The Labute approximate surface area is 152 Å². The number of hydrogen-bond acceptors (Lipinski definition) is 2. The summed E-state index contributed by atoms with van der Waals surface area (Å²) in [4.78, 5) is 12.2. The Balaban J connectivity index is 1.54. The molecule has 1 unspecified atom stereocenters. The normalized spacial score (nSPS) is 11.9. The third-order valence-corrected chi connectivity index (χ3v) is 4.39. The van der Waals surface area contributed by atoms with Crippen molar-refractivity contribution in [1.82, 2.24) is 15.1 Å². The summed E-state index contributed by atoms with van der Waals surface area (Å²) >= 11 is 6.17. The third-order valence-electron chi connectivity index (χ3n) is 4.05. The molecular weight excluding hydrogens is 334 g/mol. The van der Waals surface area contributed by atoms with Gasteiger partial charge in [-0.3, -0.25) is 4.79 Å². The Bertz CT molecular complexity index is 845. The molecule has 0 spiro atoms. The van der Waals surface area contributed by atoms with Crippen molar-refractivity contribution in [2.75, 3.05) is 0 Å². The first kappa shape index (κ1) is 17.2. The number of carbonyl (C=O) groups excluding carboxylic acids is 1. The van der Waals surface area contributed by atoms with Crippen LogP contribution in [0.15, 0.2) is 67.0 Å². The van der Waals surface area contributed by atoms with Crippen LogP contribution in [0.25, 0.3) is 5.69 Å². The van der Waals surface area contributed by atoms with Gasteiger partial charge in [-0.25, -0.2) is 4.68 Å². The number of nitrogens with one attached hydrogen (secondary N) is 1. The molecule has 0 aliphatic rings. The van der Waals surface area contributed by atoms with E-state index >= 15 is 0 Å². The quantitative estimate of drug-likeness (QED) is 0.716. The highest BCUT2D eigenvalue weighted by Gasteiger charge is 2.12. The van der Waals surface area contributed by atoms with Crippen LogP contribution in [-0.2, 0) is 11.2 Å².